The molecular formula is C14H19BrO. The Balaban J connectivity index is 1.96. The molecule has 0 N–H and O–H groups in total. The van der Waals surface area contributed by atoms with Gasteiger partial charge in [0.05, 0.1) is 6.10 Å². The highest BCUT2D eigenvalue weighted by Crippen LogP contribution is 2.31. The number of hydrogen-bond donors (Lipinski definition) is 0. The maximum absolute atomic E-state index is 6.03. The summed E-state index contributed by atoms with van der Waals surface area (Å²) in [6.07, 6.45) is 4.14. The van der Waals surface area contributed by atoms with E-state index in [2.05, 4.69) is 29.8 Å². The van der Waals surface area contributed by atoms with Crippen LogP contribution in [0.2, 0.25) is 0 Å². The van der Waals surface area contributed by atoms with Gasteiger partial charge in [0.1, 0.15) is 5.75 Å². The first kappa shape index (κ1) is 12.0. The van der Waals surface area contributed by atoms with Gasteiger partial charge in [-0.05, 0) is 55.4 Å². The van der Waals surface area contributed by atoms with Crippen LogP contribution in [0.5, 0.6) is 5.75 Å². The average Bonchev–Trinajstić information content (AvgIpc) is 2.20. The van der Waals surface area contributed by atoms with Crippen molar-refractivity contribution in [2.45, 2.75) is 39.2 Å². The van der Waals surface area contributed by atoms with Crippen LogP contribution in [0.25, 0.3) is 0 Å². The van der Waals surface area contributed by atoms with E-state index in [4.69, 9.17) is 4.74 Å². The number of ether oxygens (including phenoxy) is 1. The van der Waals surface area contributed by atoms with E-state index in [0.29, 0.717) is 6.10 Å². The molecule has 2 heteroatoms. The lowest BCUT2D eigenvalue weighted by Crippen LogP contribution is -2.28. The van der Waals surface area contributed by atoms with Crippen LogP contribution in [0.3, 0.4) is 0 Å². The Bertz CT molecular complexity index is 323. The molecule has 1 aliphatic carbocycles. The molecule has 1 aromatic rings. The van der Waals surface area contributed by atoms with E-state index in [1.165, 1.54) is 19.3 Å². The zero-order valence-corrected chi connectivity index (χ0v) is 11.5. The maximum atomic E-state index is 6.03. The molecule has 0 aromatic heterocycles. The number of benzene rings is 1. The Morgan fingerprint density at radius 2 is 1.56 bits per heavy atom. The summed E-state index contributed by atoms with van der Waals surface area (Å²) in [5.74, 6) is 2.59. The summed E-state index contributed by atoms with van der Waals surface area (Å²) in [4.78, 5) is 0. The minimum Gasteiger partial charge on any atom is -0.490 e. The van der Waals surface area contributed by atoms with Crippen LogP contribution in [0.15, 0.2) is 28.7 Å². The fourth-order valence-electron chi connectivity index (χ4n) is 2.67. The van der Waals surface area contributed by atoms with E-state index in [1.54, 1.807) is 0 Å². The molecule has 1 nitrogen and oxygen atoms in total. The first-order chi connectivity index (χ1) is 7.63. The highest BCUT2D eigenvalue weighted by Gasteiger charge is 2.25. The summed E-state index contributed by atoms with van der Waals surface area (Å²) < 4.78 is 7.13. The lowest BCUT2D eigenvalue weighted by atomic mass is 9.82. The molecule has 2 rings (SSSR count). The Morgan fingerprint density at radius 1 is 1.00 bits per heavy atom. The third-order valence-electron chi connectivity index (χ3n) is 3.25. The van der Waals surface area contributed by atoms with Crippen LogP contribution in [0.4, 0.5) is 0 Å². The molecular weight excluding hydrogens is 264 g/mol. The third kappa shape index (κ3) is 3.24. The fourth-order valence-corrected chi connectivity index (χ4v) is 2.94. The summed E-state index contributed by atoms with van der Waals surface area (Å²) in [5.41, 5.74) is 0. The Morgan fingerprint density at radius 3 is 2.12 bits per heavy atom. The molecule has 1 fully saturated rings. The van der Waals surface area contributed by atoms with E-state index in [-0.39, 0.29) is 0 Å². The quantitative estimate of drug-likeness (QED) is 0.767. The first-order valence-corrected chi connectivity index (χ1v) is 6.85. The van der Waals surface area contributed by atoms with Crippen LogP contribution in [0, 0.1) is 11.8 Å². The van der Waals surface area contributed by atoms with Gasteiger partial charge in [0, 0.05) is 4.47 Å². The highest BCUT2D eigenvalue weighted by molar-refractivity contribution is 9.10. The summed E-state index contributed by atoms with van der Waals surface area (Å²) in [5, 5.41) is 0. The van der Waals surface area contributed by atoms with E-state index >= 15 is 0 Å². The summed E-state index contributed by atoms with van der Waals surface area (Å²) in [7, 11) is 0. The van der Waals surface area contributed by atoms with Crippen molar-refractivity contribution in [3.63, 3.8) is 0 Å². The van der Waals surface area contributed by atoms with Gasteiger partial charge in [-0.1, -0.05) is 29.8 Å². The van der Waals surface area contributed by atoms with Gasteiger partial charge < -0.3 is 4.74 Å². The van der Waals surface area contributed by atoms with Crippen molar-refractivity contribution in [2.75, 3.05) is 0 Å². The molecule has 0 spiro atoms. The predicted octanol–water partition coefficient (Wildman–Crippen LogP) is 4.65. The van der Waals surface area contributed by atoms with Crippen LogP contribution in [-0.2, 0) is 0 Å². The molecule has 1 aliphatic rings. The molecule has 0 bridgehead atoms. The fraction of sp³-hybridized carbons (Fsp3) is 0.571. The zero-order valence-electron chi connectivity index (χ0n) is 9.95. The van der Waals surface area contributed by atoms with E-state index in [1.807, 2.05) is 24.3 Å². The lowest BCUT2D eigenvalue weighted by molar-refractivity contribution is 0.101. The van der Waals surface area contributed by atoms with Crippen molar-refractivity contribution < 1.29 is 4.74 Å². The van der Waals surface area contributed by atoms with E-state index in [9.17, 15) is 0 Å². The van der Waals surface area contributed by atoms with E-state index < -0.39 is 0 Å². The van der Waals surface area contributed by atoms with Gasteiger partial charge in [-0.25, -0.2) is 0 Å². The molecule has 1 saturated carbocycles. The van der Waals surface area contributed by atoms with Gasteiger partial charge in [0.2, 0.25) is 0 Å². The highest BCUT2D eigenvalue weighted by atomic mass is 79.9. The van der Waals surface area contributed by atoms with Crippen LogP contribution < -0.4 is 4.74 Å². The summed E-state index contributed by atoms with van der Waals surface area (Å²) in [6.45, 7) is 4.65. The molecule has 1 aromatic carbocycles. The zero-order chi connectivity index (χ0) is 11.5. The van der Waals surface area contributed by atoms with Crippen molar-refractivity contribution in [1.82, 2.24) is 0 Å². The molecule has 2 atom stereocenters. The van der Waals surface area contributed by atoms with Gasteiger partial charge in [-0.15, -0.1) is 0 Å². The largest absolute Gasteiger partial charge is 0.490 e. The van der Waals surface area contributed by atoms with Gasteiger partial charge in [-0.3, -0.25) is 0 Å². The Hall–Kier alpha value is -0.500. The minimum absolute atomic E-state index is 0.403. The second-order valence-corrected chi connectivity index (χ2v) is 6.03. The SMILES string of the molecule is CC1CC(C)CC(Oc2ccc(Br)cc2)C1. The van der Waals surface area contributed by atoms with E-state index in [0.717, 1.165) is 22.1 Å². The number of hydrogen-bond acceptors (Lipinski definition) is 1. The van der Waals surface area contributed by atoms with Crippen molar-refractivity contribution in [3.8, 4) is 5.75 Å². The number of halogens is 1. The van der Waals surface area contributed by atoms with Crippen molar-refractivity contribution in [3.05, 3.63) is 28.7 Å². The summed E-state index contributed by atoms with van der Waals surface area (Å²) in [6, 6.07) is 8.14. The smallest absolute Gasteiger partial charge is 0.119 e. The van der Waals surface area contributed by atoms with Gasteiger partial charge >= 0.3 is 0 Å². The lowest BCUT2D eigenvalue weighted by Gasteiger charge is -2.31. The van der Waals surface area contributed by atoms with Crippen molar-refractivity contribution >= 4 is 15.9 Å². The maximum Gasteiger partial charge on any atom is 0.119 e. The molecule has 2 unspecified atom stereocenters. The first-order valence-electron chi connectivity index (χ1n) is 6.05. The molecule has 88 valence electrons. The van der Waals surface area contributed by atoms with Crippen LogP contribution in [0.1, 0.15) is 33.1 Å². The Kier molecular flexibility index (Phi) is 3.91. The van der Waals surface area contributed by atoms with Gasteiger partial charge in [0.25, 0.3) is 0 Å². The molecule has 0 heterocycles. The normalized spacial score (nSPS) is 30.1. The molecule has 0 amide bonds. The van der Waals surface area contributed by atoms with Crippen LogP contribution in [-0.4, -0.2) is 6.10 Å². The minimum atomic E-state index is 0.403. The summed E-state index contributed by atoms with van der Waals surface area (Å²) >= 11 is 3.43. The van der Waals surface area contributed by atoms with Crippen molar-refractivity contribution in [1.29, 1.82) is 0 Å². The topological polar surface area (TPSA) is 9.23 Å². The average molecular weight is 283 g/mol. The third-order valence-corrected chi connectivity index (χ3v) is 3.78. The number of rotatable bonds is 2. The molecule has 0 aliphatic heterocycles. The second-order valence-electron chi connectivity index (χ2n) is 5.11. The molecule has 16 heavy (non-hydrogen) atoms. The monoisotopic (exact) mass is 282 g/mol. The Labute approximate surface area is 106 Å². The molecule has 0 radical (unpaired) electrons. The van der Waals surface area contributed by atoms with Gasteiger partial charge in [0.15, 0.2) is 0 Å². The standard InChI is InChI=1S/C14H19BrO/c1-10-7-11(2)9-14(8-10)16-13-5-3-12(15)4-6-13/h3-6,10-11,14H,7-9H2,1-2H3. The predicted molar refractivity (Wildman–Crippen MR) is 70.7 cm³/mol. The van der Waals surface area contributed by atoms with Gasteiger partial charge in [-0.2, -0.15) is 0 Å². The molecule has 0 saturated heterocycles. The van der Waals surface area contributed by atoms with Crippen LogP contribution >= 0.6 is 15.9 Å². The second kappa shape index (κ2) is 5.22. The van der Waals surface area contributed by atoms with Crippen molar-refractivity contribution in [2.24, 2.45) is 11.8 Å².